The van der Waals surface area contributed by atoms with Gasteiger partial charge in [-0.3, -0.25) is 4.79 Å². The molecule has 0 spiro atoms. The zero-order valence-corrected chi connectivity index (χ0v) is 12.0. The SMILES string of the molecule is COc1cc(I)c(C(=O)N2CCC2)cc1OC. The molecule has 0 atom stereocenters. The molecule has 0 saturated carbocycles. The lowest BCUT2D eigenvalue weighted by molar-refractivity contribution is 0.0650. The number of halogens is 1. The Kier molecular flexibility index (Phi) is 3.76. The first kappa shape index (κ1) is 12.5. The Hall–Kier alpha value is -0.980. The molecule has 1 aliphatic rings. The van der Waals surface area contributed by atoms with E-state index >= 15 is 0 Å². The Bertz CT molecular complexity index is 444. The number of hydrogen-bond donors (Lipinski definition) is 0. The maximum Gasteiger partial charge on any atom is 0.255 e. The fourth-order valence-electron chi connectivity index (χ4n) is 1.71. The molecule has 0 bridgehead atoms. The van der Waals surface area contributed by atoms with Crippen LogP contribution in [0.5, 0.6) is 11.5 Å². The summed E-state index contributed by atoms with van der Waals surface area (Å²) in [6.45, 7) is 1.70. The van der Waals surface area contributed by atoms with Crippen molar-refractivity contribution in [2.45, 2.75) is 6.42 Å². The van der Waals surface area contributed by atoms with Gasteiger partial charge in [-0.05, 0) is 41.1 Å². The first-order valence-electron chi connectivity index (χ1n) is 5.38. The molecule has 1 aromatic rings. The first-order chi connectivity index (χ1) is 8.17. The van der Waals surface area contributed by atoms with E-state index in [1.165, 1.54) is 0 Å². The minimum Gasteiger partial charge on any atom is -0.493 e. The van der Waals surface area contributed by atoms with Crippen LogP contribution in [0.1, 0.15) is 16.8 Å². The van der Waals surface area contributed by atoms with Crippen molar-refractivity contribution < 1.29 is 14.3 Å². The van der Waals surface area contributed by atoms with Gasteiger partial charge in [0.25, 0.3) is 5.91 Å². The summed E-state index contributed by atoms with van der Waals surface area (Å²) in [4.78, 5) is 14.0. The highest BCUT2D eigenvalue weighted by Gasteiger charge is 2.24. The van der Waals surface area contributed by atoms with Gasteiger partial charge in [0.15, 0.2) is 11.5 Å². The average Bonchev–Trinajstić information content (AvgIpc) is 2.26. The molecular weight excluding hydrogens is 333 g/mol. The van der Waals surface area contributed by atoms with Gasteiger partial charge in [-0.15, -0.1) is 0 Å². The lowest BCUT2D eigenvalue weighted by atomic mass is 10.1. The third-order valence-electron chi connectivity index (χ3n) is 2.85. The molecule has 2 rings (SSSR count). The highest BCUT2D eigenvalue weighted by molar-refractivity contribution is 14.1. The Morgan fingerprint density at radius 1 is 1.24 bits per heavy atom. The standard InChI is InChI=1S/C12H14INO3/c1-16-10-6-8(9(13)7-11(10)17-2)12(15)14-4-3-5-14/h6-7H,3-5H2,1-2H3. The zero-order valence-electron chi connectivity index (χ0n) is 9.83. The van der Waals surface area contributed by atoms with Crippen molar-refractivity contribution in [1.29, 1.82) is 0 Å². The Labute approximate surface area is 114 Å². The quantitative estimate of drug-likeness (QED) is 0.787. The maximum absolute atomic E-state index is 12.1. The van der Waals surface area contributed by atoms with Gasteiger partial charge in [0.05, 0.1) is 19.8 Å². The summed E-state index contributed by atoms with van der Waals surface area (Å²) in [5.74, 6) is 1.32. The van der Waals surface area contributed by atoms with Crippen LogP contribution in [0.2, 0.25) is 0 Å². The van der Waals surface area contributed by atoms with Crippen molar-refractivity contribution in [2.75, 3.05) is 27.3 Å². The van der Waals surface area contributed by atoms with Crippen molar-refractivity contribution >= 4 is 28.5 Å². The van der Waals surface area contributed by atoms with Gasteiger partial charge < -0.3 is 14.4 Å². The lowest BCUT2D eigenvalue weighted by Gasteiger charge is -2.31. The van der Waals surface area contributed by atoms with Gasteiger partial charge in [0.2, 0.25) is 0 Å². The van der Waals surface area contributed by atoms with E-state index in [1.54, 1.807) is 20.3 Å². The van der Waals surface area contributed by atoms with E-state index in [9.17, 15) is 4.79 Å². The van der Waals surface area contributed by atoms with Gasteiger partial charge in [-0.25, -0.2) is 0 Å². The Morgan fingerprint density at radius 3 is 2.29 bits per heavy atom. The van der Waals surface area contributed by atoms with E-state index in [1.807, 2.05) is 11.0 Å². The molecule has 5 heteroatoms. The van der Waals surface area contributed by atoms with Gasteiger partial charge >= 0.3 is 0 Å². The molecule has 1 heterocycles. The minimum absolute atomic E-state index is 0.0709. The van der Waals surface area contributed by atoms with Crippen molar-refractivity contribution in [3.63, 3.8) is 0 Å². The molecule has 1 fully saturated rings. The summed E-state index contributed by atoms with van der Waals surface area (Å²) < 4.78 is 11.3. The molecular formula is C12H14INO3. The summed E-state index contributed by atoms with van der Waals surface area (Å²) >= 11 is 2.15. The number of rotatable bonds is 3. The fraction of sp³-hybridized carbons (Fsp3) is 0.417. The molecule has 0 unspecified atom stereocenters. The zero-order chi connectivity index (χ0) is 12.4. The minimum atomic E-state index is 0.0709. The van der Waals surface area contributed by atoms with E-state index in [0.717, 1.165) is 23.1 Å². The number of hydrogen-bond acceptors (Lipinski definition) is 3. The third-order valence-corrected chi connectivity index (χ3v) is 3.74. The highest BCUT2D eigenvalue weighted by atomic mass is 127. The van der Waals surface area contributed by atoms with E-state index in [0.29, 0.717) is 17.1 Å². The lowest BCUT2D eigenvalue weighted by Crippen LogP contribution is -2.42. The molecule has 1 amide bonds. The summed E-state index contributed by atoms with van der Waals surface area (Å²) in [6, 6.07) is 3.58. The molecule has 1 saturated heterocycles. The molecule has 1 aromatic carbocycles. The second-order valence-corrected chi connectivity index (χ2v) is 4.99. The number of amides is 1. The third kappa shape index (κ3) is 2.34. The second-order valence-electron chi connectivity index (χ2n) is 3.83. The van der Waals surface area contributed by atoms with Crippen LogP contribution in [0.25, 0.3) is 0 Å². The molecule has 0 aromatic heterocycles. The van der Waals surface area contributed by atoms with E-state index in [2.05, 4.69) is 22.6 Å². The van der Waals surface area contributed by atoms with Crippen LogP contribution >= 0.6 is 22.6 Å². The second kappa shape index (κ2) is 5.12. The largest absolute Gasteiger partial charge is 0.493 e. The van der Waals surface area contributed by atoms with Crippen molar-refractivity contribution in [3.8, 4) is 11.5 Å². The molecule has 1 aliphatic heterocycles. The summed E-state index contributed by atoms with van der Waals surface area (Å²) in [5, 5.41) is 0. The van der Waals surface area contributed by atoms with Crippen LogP contribution in [0.3, 0.4) is 0 Å². The number of benzene rings is 1. The number of likely N-dealkylation sites (tertiary alicyclic amines) is 1. The van der Waals surface area contributed by atoms with E-state index in [-0.39, 0.29) is 5.91 Å². The van der Waals surface area contributed by atoms with Gasteiger partial charge in [-0.2, -0.15) is 0 Å². The molecule has 92 valence electrons. The highest BCUT2D eigenvalue weighted by Crippen LogP contribution is 2.32. The van der Waals surface area contributed by atoms with Crippen LogP contribution < -0.4 is 9.47 Å². The van der Waals surface area contributed by atoms with Crippen LogP contribution in [-0.4, -0.2) is 38.1 Å². The predicted molar refractivity (Wildman–Crippen MR) is 72.8 cm³/mol. The first-order valence-corrected chi connectivity index (χ1v) is 6.46. The predicted octanol–water partition coefficient (Wildman–Crippen LogP) is 2.15. The average molecular weight is 347 g/mol. The molecule has 17 heavy (non-hydrogen) atoms. The van der Waals surface area contributed by atoms with Crippen LogP contribution in [-0.2, 0) is 0 Å². The van der Waals surface area contributed by atoms with Crippen LogP contribution in [0, 0.1) is 3.57 Å². The molecule has 0 aliphatic carbocycles. The molecule has 0 radical (unpaired) electrons. The van der Waals surface area contributed by atoms with Crippen molar-refractivity contribution in [3.05, 3.63) is 21.3 Å². The molecule has 0 N–H and O–H groups in total. The van der Waals surface area contributed by atoms with Crippen molar-refractivity contribution in [2.24, 2.45) is 0 Å². The summed E-state index contributed by atoms with van der Waals surface area (Å²) in [6.07, 6.45) is 1.09. The molecule has 4 nitrogen and oxygen atoms in total. The topological polar surface area (TPSA) is 38.8 Å². The van der Waals surface area contributed by atoms with Gasteiger partial charge in [-0.1, -0.05) is 0 Å². The van der Waals surface area contributed by atoms with Crippen LogP contribution in [0.4, 0.5) is 0 Å². The summed E-state index contributed by atoms with van der Waals surface area (Å²) in [7, 11) is 3.16. The normalized spacial score (nSPS) is 14.2. The number of carbonyl (C=O) groups is 1. The van der Waals surface area contributed by atoms with Crippen LogP contribution in [0.15, 0.2) is 12.1 Å². The maximum atomic E-state index is 12.1. The number of methoxy groups -OCH3 is 2. The Balaban J connectivity index is 2.36. The summed E-state index contributed by atoms with van der Waals surface area (Å²) in [5.41, 5.74) is 0.683. The van der Waals surface area contributed by atoms with Gasteiger partial charge in [0.1, 0.15) is 0 Å². The van der Waals surface area contributed by atoms with E-state index in [4.69, 9.17) is 9.47 Å². The number of nitrogens with zero attached hydrogens (tertiary/aromatic N) is 1. The van der Waals surface area contributed by atoms with Gasteiger partial charge in [0, 0.05) is 16.7 Å². The Morgan fingerprint density at radius 2 is 1.82 bits per heavy atom. The number of carbonyl (C=O) groups excluding carboxylic acids is 1. The smallest absolute Gasteiger partial charge is 0.255 e. The monoisotopic (exact) mass is 347 g/mol. The number of ether oxygens (including phenoxy) is 2. The fourth-order valence-corrected chi connectivity index (χ4v) is 2.38. The van der Waals surface area contributed by atoms with Crippen molar-refractivity contribution in [1.82, 2.24) is 4.90 Å². The van der Waals surface area contributed by atoms with E-state index < -0.39 is 0 Å².